The second kappa shape index (κ2) is 5.54. The van der Waals surface area contributed by atoms with Gasteiger partial charge < -0.3 is 0 Å². The summed E-state index contributed by atoms with van der Waals surface area (Å²) in [5, 5.41) is 3.29. The Bertz CT molecular complexity index is 640. The second-order valence-electron chi connectivity index (χ2n) is 3.58. The second-order valence-corrected chi connectivity index (χ2v) is 3.58. The maximum absolute atomic E-state index is 11.5. The van der Waals surface area contributed by atoms with Crippen LogP contribution in [0.15, 0.2) is 41.5 Å². The highest BCUT2D eigenvalue weighted by atomic mass is 16.2. The number of hydrogen-bond donors (Lipinski definition) is 0. The zero-order valence-electron chi connectivity index (χ0n) is 9.78. The molecular formula is C13H8N4O2. The van der Waals surface area contributed by atoms with Gasteiger partial charge in [-0.3, -0.25) is 9.59 Å². The minimum Gasteiger partial charge on any atom is -0.269 e. The minimum atomic E-state index is -0.354. The van der Waals surface area contributed by atoms with Crippen LogP contribution in [-0.4, -0.2) is 18.4 Å². The van der Waals surface area contributed by atoms with Crippen molar-refractivity contribution in [3.8, 4) is 11.8 Å². The van der Waals surface area contributed by atoms with E-state index in [1.165, 1.54) is 12.2 Å². The van der Waals surface area contributed by atoms with Crippen molar-refractivity contribution in [3.05, 3.63) is 52.4 Å². The summed E-state index contributed by atoms with van der Waals surface area (Å²) in [6, 6.07) is 6.66. The Morgan fingerprint density at radius 3 is 2.37 bits per heavy atom. The summed E-state index contributed by atoms with van der Waals surface area (Å²) in [6.45, 7) is 0.102. The van der Waals surface area contributed by atoms with Crippen LogP contribution in [0.25, 0.3) is 10.4 Å². The van der Waals surface area contributed by atoms with Crippen molar-refractivity contribution in [1.29, 1.82) is 0 Å². The van der Waals surface area contributed by atoms with Crippen LogP contribution in [0.1, 0.15) is 5.56 Å². The van der Waals surface area contributed by atoms with E-state index < -0.39 is 0 Å². The molecule has 0 atom stereocenters. The highest BCUT2D eigenvalue weighted by Crippen LogP contribution is 2.19. The van der Waals surface area contributed by atoms with E-state index in [-0.39, 0.29) is 18.4 Å². The zero-order valence-corrected chi connectivity index (χ0v) is 9.78. The first-order valence-electron chi connectivity index (χ1n) is 5.38. The van der Waals surface area contributed by atoms with Crippen LogP contribution in [0, 0.1) is 11.8 Å². The number of hydrogen-bond acceptors (Lipinski definition) is 3. The third-order valence-electron chi connectivity index (χ3n) is 2.38. The molecule has 1 aliphatic rings. The molecule has 2 rings (SSSR count). The summed E-state index contributed by atoms with van der Waals surface area (Å²) in [7, 11) is 0. The predicted molar refractivity (Wildman–Crippen MR) is 69.0 cm³/mol. The standard InChI is InChI=1S/C13H8N4O2/c14-16-15-9-1-2-10-3-5-11(6-4-10)17-12(18)7-8-13(17)19/h3-8H,9H2. The van der Waals surface area contributed by atoms with E-state index in [2.05, 4.69) is 21.9 Å². The molecule has 0 aliphatic carbocycles. The fraction of sp³-hybridized carbons (Fsp3) is 0.0769. The summed E-state index contributed by atoms with van der Waals surface area (Å²) in [6.07, 6.45) is 2.46. The number of azide groups is 1. The molecule has 0 fully saturated rings. The molecule has 0 bridgehead atoms. The maximum atomic E-state index is 11.5. The van der Waals surface area contributed by atoms with Gasteiger partial charge in [0.2, 0.25) is 0 Å². The number of rotatable bonds is 2. The van der Waals surface area contributed by atoms with Gasteiger partial charge in [0.25, 0.3) is 11.8 Å². The van der Waals surface area contributed by atoms with Gasteiger partial charge in [0.1, 0.15) is 0 Å². The quantitative estimate of drug-likeness (QED) is 0.264. The largest absolute Gasteiger partial charge is 0.269 e. The van der Waals surface area contributed by atoms with E-state index in [0.717, 1.165) is 4.90 Å². The first-order chi connectivity index (χ1) is 9.22. The molecular weight excluding hydrogens is 244 g/mol. The van der Waals surface area contributed by atoms with Crippen LogP contribution in [0.5, 0.6) is 0 Å². The average molecular weight is 252 g/mol. The molecule has 1 aromatic rings. The fourth-order valence-corrected chi connectivity index (χ4v) is 1.56. The average Bonchev–Trinajstić information content (AvgIpc) is 2.75. The van der Waals surface area contributed by atoms with E-state index in [4.69, 9.17) is 5.53 Å². The molecule has 0 saturated carbocycles. The molecule has 6 heteroatoms. The van der Waals surface area contributed by atoms with Crippen LogP contribution in [0.2, 0.25) is 0 Å². The molecule has 19 heavy (non-hydrogen) atoms. The van der Waals surface area contributed by atoms with Crippen molar-refractivity contribution in [2.75, 3.05) is 11.4 Å². The molecule has 0 spiro atoms. The summed E-state index contributed by atoms with van der Waals surface area (Å²) in [5.74, 6) is 4.77. The monoisotopic (exact) mass is 252 g/mol. The molecule has 0 N–H and O–H groups in total. The minimum absolute atomic E-state index is 0.102. The SMILES string of the molecule is [N-]=[N+]=NCC#Cc1ccc(N2C(=O)C=CC2=O)cc1. The summed E-state index contributed by atoms with van der Waals surface area (Å²) >= 11 is 0. The van der Waals surface area contributed by atoms with Gasteiger partial charge in [0.05, 0.1) is 12.2 Å². The lowest BCUT2D eigenvalue weighted by Crippen LogP contribution is -2.29. The molecule has 0 unspecified atom stereocenters. The van der Waals surface area contributed by atoms with Gasteiger partial charge in [-0.05, 0) is 29.8 Å². The molecule has 0 aromatic heterocycles. The molecule has 1 aliphatic heterocycles. The maximum Gasteiger partial charge on any atom is 0.258 e. The van der Waals surface area contributed by atoms with E-state index in [9.17, 15) is 9.59 Å². The third kappa shape index (κ3) is 2.80. The van der Waals surface area contributed by atoms with E-state index >= 15 is 0 Å². The van der Waals surface area contributed by atoms with Gasteiger partial charge in [-0.2, -0.15) is 0 Å². The van der Waals surface area contributed by atoms with E-state index in [0.29, 0.717) is 11.3 Å². The summed E-state index contributed by atoms with van der Waals surface area (Å²) in [5.41, 5.74) is 9.30. The Morgan fingerprint density at radius 1 is 1.16 bits per heavy atom. The lowest BCUT2D eigenvalue weighted by Gasteiger charge is -2.13. The number of anilines is 1. The van der Waals surface area contributed by atoms with Gasteiger partial charge in [-0.1, -0.05) is 17.0 Å². The molecule has 92 valence electrons. The molecule has 6 nitrogen and oxygen atoms in total. The van der Waals surface area contributed by atoms with E-state index in [1.54, 1.807) is 24.3 Å². The van der Waals surface area contributed by atoms with Crippen LogP contribution in [0.3, 0.4) is 0 Å². The Kier molecular flexibility index (Phi) is 3.62. The van der Waals surface area contributed by atoms with E-state index in [1.807, 2.05) is 0 Å². The topological polar surface area (TPSA) is 86.1 Å². The van der Waals surface area contributed by atoms with Crippen LogP contribution >= 0.6 is 0 Å². The number of imide groups is 1. The normalized spacial score (nSPS) is 12.9. The van der Waals surface area contributed by atoms with Crippen molar-refractivity contribution >= 4 is 17.5 Å². The van der Waals surface area contributed by atoms with Gasteiger partial charge in [-0.25, -0.2) is 4.90 Å². The Hall–Kier alpha value is -3.03. The van der Waals surface area contributed by atoms with Crippen LogP contribution in [0.4, 0.5) is 5.69 Å². The number of nitrogens with zero attached hydrogens (tertiary/aromatic N) is 4. The number of amides is 2. The molecule has 2 amide bonds. The smallest absolute Gasteiger partial charge is 0.258 e. The molecule has 0 radical (unpaired) electrons. The number of carbonyl (C=O) groups excluding carboxylic acids is 2. The first-order valence-corrected chi connectivity index (χ1v) is 5.38. The van der Waals surface area contributed by atoms with Crippen molar-refractivity contribution < 1.29 is 9.59 Å². The molecule has 1 aromatic carbocycles. The Balaban J connectivity index is 2.14. The first kappa shape index (κ1) is 12.4. The van der Waals surface area contributed by atoms with Gasteiger partial charge >= 0.3 is 0 Å². The highest BCUT2D eigenvalue weighted by molar-refractivity contribution is 6.28. The summed E-state index contributed by atoms with van der Waals surface area (Å²) < 4.78 is 0. The fourth-order valence-electron chi connectivity index (χ4n) is 1.56. The lowest BCUT2D eigenvalue weighted by molar-refractivity contribution is -0.119. The number of carbonyl (C=O) groups is 2. The van der Waals surface area contributed by atoms with Crippen molar-refractivity contribution in [2.24, 2.45) is 5.11 Å². The Morgan fingerprint density at radius 2 is 1.79 bits per heavy atom. The predicted octanol–water partition coefficient (Wildman–Crippen LogP) is 1.78. The number of benzene rings is 1. The highest BCUT2D eigenvalue weighted by Gasteiger charge is 2.24. The van der Waals surface area contributed by atoms with Crippen molar-refractivity contribution in [3.63, 3.8) is 0 Å². The summed E-state index contributed by atoms with van der Waals surface area (Å²) in [4.78, 5) is 26.6. The van der Waals surface area contributed by atoms with Gasteiger partial charge in [0, 0.05) is 22.6 Å². The zero-order chi connectivity index (χ0) is 13.7. The molecule has 1 heterocycles. The van der Waals surface area contributed by atoms with Crippen LogP contribution in [-0.2, 0) is 9.59 Å². The lowest BCUT2D eigenvalue weighted by atomic mass is 10.2. The third-order valence-corrected chi connectivity index (χ3v) is 2.38. The van der Waals surface area contributed by atoms with Crippen molar-refractivity contribution in [2.45, 2.75) is 0 Å². The van der Waals surface area contributed by atoms with Gasteiger partial charge in [-0.15, -0.1) is 0 Å². The van der Waals surface area contributed by atoms with Gasteiger partial charge in [0.15, 0.2) is 0 Å². The van der Waals surface area contributed by atoms with Crippen molar-refractivity contribution in [1.82, 2.24) is 0 Å². The van der Waals surface area contributed by atoms with Crippen LogP contribution < -0.4 is 4.90 Å². The Labute approximate surface area is 109 Å². The molecule has 0 saturated heterocycles.